The second-order valence-electron chi connectivity index (χ2n) is 4.95. The molecule has 1 aliphatic rings. The summed E-state index contributed by atoms with van der Waals surface area (Å²) in [7, 11) is -3.26. The summed E-state index contributed by atoms with van der Waals surface area (Å²) < 4.78 is 35.3. The summed E-state index contributed by atoms with van der Waals surface area (Å²) in [6.45, 7) is 0.988. The molecule has 0 radical (unpaired) electrons. The summed E-state index contributed by atoms with van der Waals surface area (Å²) in [5.41, 5.74) is 7.36. The third-order valence-electron chi connectivity index (χ3n) is 3.46. The maximum Gasteiger partial charge on any atom is 0.210 e. The summed E-state index contributed by atoms with van der Waals surface area (Å²) in [5.74, 6) is 0.0452. The Hall–Kier alpha value is -1.60. The van der Waals surface area contributed by atoms with Crippen LogP contribution >= 0.6 is 0 Å². The van der Waals surface area contributed by atoms with Crippen molar-refractivity contribution in [3.05, 3.63) is 24.1 Å². The number of hydrogen-bond acceptors (Lipinski definition) is 6. The zero-order valence-corrected chi connectivity index (χ0v) is 11.7. The monoisotopic (exact) mass is 296 g/mol. The second-order valence-corrected chi connectivity index (χ2v) is 7.23. The van der Waals surface area contributed by atoms with Gasteiger partial charge >= 0.3 is 0 Å². The van der Waals surface area contributed by atoms with Crippen LogP contribution in [0, 0.1) is 0 Å². The van der Waals surface area contributed by atoms with Crippen molar-refractivity contribution in [1.29, 1.82) is 0 Å². The van der Waals surface area contributed by atoms with Gasteiger partial charge in [0.15, 0.2) is 15.4 Å². The lowest BCUT2D eigenvalue weighted by Gasteiger charge is -2.21. The molecule has 0 bridgehead atoms. The van der Waals surface area contributed by atoms with E-state index < -0.39 is 9.84 Å². The number of rotatable bonds is 3. The van der Waals surface area contributed by atoms with E-state index in [2.05, 4.69) is 4.98 Å². The summed E-state index contributed by atoms with van der Waals surface area (Å²) in [4.78, 5) is 4.20. The van der Waals surface area contributed by atoms with Crippen LogP contribution in [0.5, 0.6) is 0 Å². The number of nitrogen functional groups attached to an aromatic ring is 1. The SMILES string of the molecule is Nc1ccc2nc(CS(=O)(=O)C3CCOCC3)oc2c1. The molecule has 2 heterocycles. The van der Waals surface area contributed by atoms with Gasteiger partial charge in [-0.1, -0.05) is 0 Å². The number of oxazole rings is 1. The van der Waals surface area contributed by atoms with E-state index in [0.717, 1.165) is 0 Å². The van der Waals surface area contributed by atoms with Crippen molar-refractivity contribution in [3.8, 4) is 0 Å². The second kappa shape index (κ2) is 5.06. The maximum absolute atomic E-state index is 12.3. The van der Waals surface area contributed by atoms with Crippen molar-refractivity contribution in [2.75, 3.05) is 18.9 Å². The molecule has 0 amide bonds. The molecule has 0 spiro atoms. The Labute approximate surface area is 116 Å². The first-order chi connectivity index (χ1) is 9.54. The number of fused-ring (bicyclic) bond motifs is 1. The van der Waals surface area contributed by atoms with Crippen LogP contribution in [0.2, 0.25) is 0 Å². The smallest absolute Gasteiger partial charge is 0.210 e. The molecular weight excluding hydrogens is 280 g/mol. The number of hydrogen-bond donors (Lipinski definition) is 1. The molecule has 0 aliphatic carbocycles. The van der Waals surface area contributed by atoms with Crippen LogP contribution < -0.4 is 5.73 Å². The van der Waals surface area contributed by atoms with Gasteiger partial charge in [-0.2, -0.15) is 0 Å². The molecule has 1 aromatic heterocycles. The third kappa shape index (κ3) is 2.64. The van der Waals surface area contributed by atoms with Crippen LogP contribution in [0.15, 0.2) is 22.6 Å². The molecule has 1 saturated heterocycles. The number of nitrogens with two attached hydrogens (primary N) is 1. The first-order valence-electron chi connectivity index (χ1n) is 6.49. The predicted molar refractivity (Wildman–Crippen MR) is 74.9 cm³/mol. The fraction of sp³-hybridized carbons (Fsp3) is 0.462. The molecule has 0 unspecified atom stereocenters. The highest BCUT2D eigenvalue weighted by molar-refractivity contribution is 7.91. The lowest BCUT2D eigenvalue weighted by molar-refractivity contribution is 0.0983. The van der Waals surface area contributed by atoms with Gasteiger partial charge in [-0.15, -0.1) is 0 Å². The van der Waals surface area contributed by atoms with E-state index in [1.165, 1.54) is 0 Å². The number of nitrogens with zero attached hydrogens (tertiary/aromatic N) is 1. The third-order valence-corrected chi connectivity index (χ3v) is 5.59. The van der Waals surface area contributed by atoms with Gasteiger partial charge in [-0.3, -0.25) is 0 Å². The van der Waals surface area contributed by atoms with Gasteiger partial charge in [0.1, 0.15) is 11.3 Å². The average molecular weight is 296 g/mol. The fourth-order valence-electron chi connectivity index (χ4n) is 2.38. The molecule has 7 heteroatoms. The minimum Gasteiger partial charge on any atom is -0.440 e. The van der Waals surface area contributed by atoms with Gasteiger partial charge in [0, 0.05) is 25.0 Å². The number of sulfone groups is 1. The van der Waals surface area contributed by atoms with E-state index in [0.29, 0.717) is 42.8 Å². The Balaban J connectivity index is 1.84. The molecule has 2 N–H and O–H groups in total. The summed E-state index contributed by atoms with van der Waals surface area (Å²) in [6, 6.07) is 5.08. The van der Waals surface area contributed by atoms with E-state index in [-0.39, 0.29) is 16.9 Å². The standard InChI is InChI=1S/C13H16N2O4S/c14-9-1-2-11-12(7-9)19-13(15-11)8-20(16,17)10-3-5-18-6-4-10/h1-2,7,10H,3-6,8,14H2. The first kappa shape index (κ1) is 13.4. The van der Waals surface area contributed by atoms with Gasteiger partial charge < -0.3 is 14.9 Å². The Kier molecular flexibility index (Phi) is 3.39. The minimum absolute atomic E-state index is 0.174. The lowest BCUT2D eigenvalue weighted by atomic mass is 10.2. The molecule has 1 aliphatic heterocycles. The average Bonchev–Trinajstić information content (AvgIpc) is 2.80. The van der Waals surface area contributed by atoms with Crippen LogP contribution in [0.4, 0.5) is 5.69 Å². The van der Waals surface area contributed by atoms with Crippen molar-refractivity contribution >= 4 is 26.6 Å². The Morgan fingerprint density at radius 2 is 2.05 bits per heavy atom. The summed E-state index contributed by atoms with van der Waals surface area (Å²) >= 11 is 0. The van der Waals surface area contributed by atoms with Crippen molar-refractivity contribution < 1.29 is 17.6 Å². The number of anilines is 1. The molecule has 0 saturated carbocycles. The van der Waals surface area contributed by atoms with Crippen molar-refractivity contribution in [2.45, 2.75) is 23.8 Å². The zero-order valence-electron chi connectivity index (χ0n) is 10.9. The Morgan fingerprint density at radius 1 is 1.30 bits per heavy atom. The van der Waals surface area contributed by atoms with Crippen LogP contribution in [0.1, 0.15) is 18.7 Å². The van der Waals surface area contributed by atoms with E-state index in [9.17, 15) is 8.42 Å². The maximum atomic E-state index is 12.3. The predicted octanol–water partition coefficient (Wildman–Crippen LogP) is 1.50. The molecule has 0 atom stereocenters. The topological polar surface area (TPSA) is 95.4 Å². The van der Waals surface area contributed by atoms with Gasteiger partial charge in [0.05, 0.1) is 5.25 Å². The molecule has 1 aromatic carbocycles. The van der Waals surface area contributed by atoms with Gasteiger partial charge in [0.25, 0.3) is 0 Å². The minimum atomic E-state index is -3.26. The van der Waals surface area contributed by atoms with Crippen LogP contribution in [0.25, 0.3) is 11.1 Å². The van der Waals surface area contributed by atoms with Gasteiger partial charge in [-0.25, -0.2) is 13.4 Å². The highest BCUT2D eigenvalue weighted by Gasteiger charge is 2.29. The van der Waals surface area contributed by atoms with Crippen LogP contribution in [-0.4, -0.2) is 31.9 Å². The molecule has 2 aromatic rings. The number of benzene rings is 1. The Morgan fingerprint density at radius 3 is 2.80 bits per heavy atom. The van der Waals surface area contributed by atoms with Gasteiger partial charge in [-0.05, 0) is 25.0 Å². The Bertz CT molecular complexity index is 717. The molecule has 108 valence electrons. The van der Waals surface area contributed by atoms with E-state index in [4.69, 9.17) is 14.9 Å². The normalized spacial score (nSPS) is 17.6. The van der Waals surface area contributed by atoms with E-state index in [1.807, 2.05) is 0 Å². The van der Waals surface area contributed by atoms with E-state index in [1.54, 1.807) is 18.2 Å². The van der Waals surface area contributed by atoms with Crippen molar-refractivity contribution in [3.63, 3.8) is 0 Å². The molecule has 3 rings (SSSR count). The van der Waals surface area contributed by atoms with Crippen molar-refractivity contribution in [1.82, 2.24) is 4.98 Å². The molecule has 6 nitrogen and oxygen atoms in total. The van der Waals surface area contributed by atoms with Crippen LogP contribution in [0.3, 0.4) is 0 Å². The van der Waals surface area contributed by atoms with Crippen LogP contribution in [-0.2, 0) is 20.3 Å². The fourth-order valence-corrected chi connectivity index (χ4v) is 3.99. The zero-order chi connectivity index (χ0) is 14.2. The number of aromatic nitrogens is 1. The van der Waals surface area contributed by atoms with E-state index >= 15 is 0 Å². The quantitative estimate of drug-likeness (QED) is 0.862. The summed E-state index contributed by atoms with van der Waals surface area (Å²) in [6.07, 6.45) is 1.07. The molecular formula is C13H16N2O4S. The van der Waals surface area contributed by atoms with Crippen molar-refractivity contribution in [2.24, 2.45) is 0 Å². The summed E-state index contributed by atoms with van der Waals surface area (Å²) in [5, 5.41) is -0.365. The highest BCUT2D eigenvalue weighted by Crippen LogP contribution is 2.23. The largest absolute Gasteiger partial charge is 0.440 e. The molecule has 20 heavy (non-hydrogen) atoms. The molecule has 1 fully saturated rings. The van der Waals surface area contributed by atoms with Gasteiger partial charge in [0.2, 0.25) is 5.89 Å². The number of ether oxygens (including phenoxy) is 1. The highest BCUT2D eigenvalue weighted by atomic mass is 32.2. The lowest BCUT2D eigenvalue weighted by Crippen LogP contribution is -2.29. The first-order valence-corrected chi connectivity index (χ1v) is 8.20.